The summed E-state index contributed by atoms with van der Waals surface area (Å²) in [5, 5.41) is 11.2. The summed E-state index contributed by atoms with van der Waals surface area (Å²) in [6.45, 7) is 5.13. The Kier molecular flexibility index (Phi) is 3.66. The van der Waals surface area contributed by atoms with Crippen LogP contribution in [0.25, 0.3) is 0 Å². The number of nitro groups is 1. The number of ketones is 1. The van der Waals surface area contributed by atoms with E-state index in [0.717, 1.165) is 5.56 Å². The number of aryl methyl sites for hydroxylation is 2. The molecule has 0 radical (unpaired) electrons. The van der Waals surface area contributed by atoms with E-state index in [2.05, 4.69) is 0 Å². The molecule has 2 rings (SSSR count). The lowest BCUT2D eigenvalue weighted by atomic mass is 9.91. The van der Waals surface area contributed by atoms with Crippen LogP contribution in [0, 0.1) is 30.9 Å². The van der Waals surface area contributed by atoms with E-state index in [4.69, 9.17) is 0 Å². The third-order valence-electron chi connectivity index (χ3n) is 3.38. The molecule has 4 heteroatoms. The molecular formula is C16H15NO3. The van der Waals surface area contributed by atoms with Gasteiger partial charge in [0.1, 0.15) is 0 Å². The fourth-order valence-electron chi connectivity index (χ4n) is 2.54. The van der Waals surface area contributed by atoms with Crippen LogP contribution in [0.1, 0.15) is 32.6 Å². The molecular weight excluding hydrogens is 254 g/mol. The average molecular weight is 269 g/mol. The minimum atomic E-state index is -0.425. The summed E-state index contributed by atoms with van der Waals surface area (Å²) in [6, 6.07) is 10.5. The van der Waals surface area contributed by atoms with Crippen molar-refractivity contribution in [2.75, 3.05) is 0 Å². The van der Waals surface area contributed by atoms with Gasteiger partial charge in [-0.3, -0.25) is 14.9 Å². The Labute approximate surface area is 117 Å². The lowest BCUT2D eigenvalue weighted by Crippen LogP contribution is -2.09. The molecule has 0 aliphatic rings. The molecule has 0 aromatic heterocycles. The monoisotopic (exact) mass is 269 g/mol. The van der Waals surface area contributed by atoms with Crippen LogP contribution in [-0.4, -0.2) is 10.7 Å². The molecule has 0 N–H and O–H groups in total. The summed E-state index contributed by atoms with van der Waals surface area (Å²) in [5.41, 5.74) is 2.76. The van der Waals surface area contributed by atoms with Gasteiger partial charge in [0.25, 0.3) is 5.69 Å². The first kappa shape index (κ1) is 13.9. The number of carbonyl (C=O) groups excluding carboxylic acids is 1. The van der Waals surface area contributed by atoms with Crippen molar-refractivity contribution in [3.8, 4) is 0 Å². The molecule has 0 aliphatic carbocycles. The second-order valence-electron chi connectivity index (χ2n) is 4.81. The number of hydrogen-bond acceptors (Lipinski definition) is 3. The van der Waals surface area contributed by atoms with E-state index in [9.17, 15) is 14.9 Å². The summed E-state index contributed by atoms with van der Waals surface area (Å²) < 4.78 is 0. The Hall–Kier alpha value is -2.49. The second-order valence-corrected chi connectivity index (χ2v) is 4.81. The summed E-state index contributed by atoms with van der Waals surface area (Å²) in [6.07, 6.45) is 0. The number of hydrogen-bond donors (Lipinski definition) is 0. The quantitative estimate of drug-likeness (QED) is 0.484. The van der Waals surface area contributed by atoms with E-state index in [1.165, 1.54) is 0 Å². The van der Waals surface area contributed by atoms with E-state index < -0.39 is 4.92 Å². The van der Waals surface area contributed by atoms with Gasteiger partial charge in [-0.15, -0.1) is 0 Å². The molecule has 0 fully saturated rings. The van der Waals surface area contributed by atoms with Crippen LogP contribution >= 0.6 is 0 Å². The number of benzene rings is 2. The zero-order valence-electron chi connectivity index (χ0n) is 11.6. The van der Waals surface area contributed by atoms with Gasteiger partial charge in [0.15, 0.2) is 5.78 Å². The maximum atomic E-state index is 12.6. The maximum Gasteiger partial charge on any atom is 0.275 e. The highest BCUT2D eigenvalue weighted by molar-refractivity contribution is 6.11. The van der Waals surface area contributed by atoms with Gasteiger partial charge in [0.2, 0.25) is 0 Å². The van der Waals surface area contributed by atoms with Gasteiger partial charge in [-0.2, -0.15) is 0 Å². The zero-order valence-corrected chi connectivity index (χ0v) is 11.6. The molecule has 0 unspecified atom stereocenters. The van der Waals surface area contributed by atoms with Gasteiger partial charge in [0.05, 0.1) is 4.92 Å². The lowest BCUT2D eigenvalue weighted by molar-refractivity contribution is -0.386. The van der Waals surface area contributed by atoms with E-state index in [1.54, 1.807) is 51.1 Å². The maximum absolute atomic E-state index is 12.6. The standard InChI is InChI=1S/C16H15NO3/c1-10-9-11(2)15(17(19)20)12(3)14(10)16(18)13-7-5-4-6-8-13/h4-9H,1-3H3. The molecule has 0 heterocycles. The summed E-state index contributed by atoms with van der Waals surface area (Å²) >= 11 is 0. The van der Waals surface area contributed by atoms with Crippen molar-refractivity contribution in [1.82, 2.24) is 0 Å². The van der Waals surface area contributed by atoms with Crippen LogP contribution in [0.3, 0.4) is 0 Å². The topological polar surface area (TPSA) is 60.2 Å². The molecule has 0 saturated heterocycles. The van der Waals surface area contributed by atoms with Gasteiger partial charge < -0.3 is 0 Å². The van der Waals surface area contributed by atoms with Crippen LogP contribution < -0.4 is 0 Å². The van der Waals surface area contributed by atoms with Crippen LogP contribution in [0.2, 0.25) is 0 Å². The first-order valence-electron chi connectivity index (χ1n) is 6.28. The van der Waals surface area contributed by atoms with Crippen LogP contribution in [0.4, 0.5) is 5.69 Å². The van der Waals surface area contributed by atoms with Crippen molar-refractivity contribution >= 4 is 11.5 Å². The normalized spacial score (nSPS) is 10.3. The van der Waals surface area contributed by atoms with Crippen molar-refractivity contribution in [3.05, 3.63) is 74.3 Å². The van der Waals surface area contributed by atoms with Crippen molar-refractivity contribution in [3.63, 3.8) is 0 Å². The van der Waals surface area contributed by atoms with Crippen molar-refractivity contribution in [2.24, 2.45) is 0 Å². The predicted molar refractivity (Wildman–Crippen MR) is 77.2 cm³/mol. The average Bonchev–Trinajstić information content (AvgIpc) is 2.38. The minimum Gasteiger partial charge on any atom is -0.289 e. The minimum absolute atomic E-state index is 0.0230. The first-order chi connectivity index (χ1) is 9.43. The van der Waals surface area contributed by atoms with Crippen molar-refractivity contribution in [1.29, 1.82) is 0 Å². The van der Waals surface area contributed by atoms with Gasteiger partial charge >= 0.3 is 0 Å². The first-order valence-corrected chi connectivity index (χ1v) is 6.28. The number of carbonyl (C=O) groups is 1. The highest BCUT2D eigenvalue weighted by atomic mass is 16.6. The van der Waals surface area contributed by atoms with E-state index in [1.807, 2.05) is 6.07 Å². The summed E-state index contributed by atoms with van der Waals surface area (Å²) in [5.74, 6) is -0.177. The molecule has 0 saturated carbocycles. The van der Waals surface area contributed by atoms with Crippen LogP contribution in [0.5, 0.6) is 0 Å². The zero-order chi connectivity index (χ0) is 14.9. The fourth-order valence-corrected chi connectivity index (χ4v) is 2.54. The number of nitrogens with zero attached hydrogens (tertiary/aromatic N) is 1. The molecule has 0 spiro atoms. The third-order valence-corrected chi connectivity index (χ3v) is 3.38. The molecule has 0 amide bonds. The molecule has 102 valence electrons. The third kappa shape index (κ3) is 2.32. The molecule has 0 bridgehead atoms. The highest BCUT2D eigenvalue weighted by Crippen LogP contribution is 2.30. The van der Waals surface area contributed by atoms with E-state index in [0.29, 0.717) is 22.3 Å². The van der Waals surface area contributed by atoms with Gasteiger partial charge in [-0.05, 0) is 32.4 Å². The van der Waals surface area contributed by atoms with Crippen LogP contribution in [-0.2, 0) is 0 Å². The molecule has 0 aliphatic heterocycles. The Morgan fingerprint density at radius 1 is 1.05 bits per heavy atom. The summed E-state index contributed by atoms with van der Waals surface area (Å²) in [4.78, 5) is 23.3. The van der Waals surface area contributed by atoms with E-state index in [-0.39, 0.29) is 11.5 Å². The van der Waals surface area contributed by atoms with Crippen molar-refractivity contribution in [2.45, 2.75) is 20.8 Å². The van der Waals surface area contributed by atoms with E-state index >= 15 is 0 Å². The molecule has 20 heavy (non-hydrogen) atoms. The fraction of sp³-hybridized carbons (Fsp3) is 0.188. The lowest BCUT2D eigenvalue weighted by Gasteiger charge is -2.11. The number of nitro benzene ring substituents is 1. The van der Waals surface area contributed by atoms with Crippen molar-refractivity contribution < 1.29 is 9.72 Å². The number of rotatable bonds is 3. The Morgan fingerprint density at radius 2 is 1.65 bits per heavy atom. The van der Waals surface area contributed by atoms with Gasteiger partial charge in [-0.1, -0.05) is 30.3 Å². The Morgan fingerprint density at radius 3 is 2.20 bits per heavy atom. The molecule has 0 atom stereocenters. The van der Waals surface area contributed by atoms with Crippen LogP contribution in [0.15, 0.2) is 36.4 Å². The second kappa shape index (κ2) is 5.25. The SMILES string of the molecule is Cc1cc(C)c([N+](=O)[O-])c(C)c1C(=O)c1ccccc1. The molecule has 2 aromatic carbocycles. The smallest absolute Gasteiger partial charge is 0.275 e. The Bertz CT molecular complexity index is 691. The molecule has 2 aromatic rings. The summed E-state index contributed by atoms with van der Waals surface area (Å²) in [7, 11) is 0. The Balaban J connectivity index is 2.66. The van der Waals surface area contributed by atoms with Gasteiger partial charge in [0, 0.05) is 22.3 Å². The van der Waals surface area contributed by atoms with Gasteiger partial charge in [-0.25, -0.2) is 0 Å². The predicted octanol–water partition coefficient (Wildman–Crippen LogP) is 3.75. The molecule has 4 nitrogen and oxygen atoms in total. The highest BCUT2D eigenvalue weighted by Gasteiger charge is 2.24. The largest absolute Gasteiger partial charge is 0.289 e.